The summed E-state index contributed by atoms with van der Waals surface area (Å²) in [5.74, 6) is 0.261. The van der Waals surface area contributed by atoms with Crippen molar-refractivity contribution >= 4 is 17.3 Å². The fourth-order valence-corrected chi connectivity index (χ4v) is 3.02. The number of rotatable bonds is 1. The highest BCUT2D eigenvalue weighted by atomic mass is 35.5. The van der Waals surface area contributed by atoms with Crippen LogP contribution < -0.4 is 4.90 Å². The Balaban J connectivity index is 1.87. The Kier molecular flexibility index (Phi) is 3.34. The second-order valence-electron chi connectivity index (χ2n) is 4.89. The molecular weight excluding hydrogens is 258 g/mol. The van der Waals surface area contributed by atoms with Gasteiger partial charge in [0.15, 0.2) is 0 Å². The molecule has 0 unspecified atom stereocenters. The van der Waals surface area contributed by atoms with Crippen LogP contribution in [0.25, 0.3) is 0 Å². The topological polar surface area (TPSA) is 23.5 Å². The Bertz CT molecular complexity index is 583. The summed E-state index contributed by atoms with van der Waals surface area (Å²) in [7, 11) is 0. The van der Waals surface area contributed by atoms with Crippen LogP contribution in [0.3, 0.4) is 0 Å². The summed E-state index contributed by atoms with van der Waals surface area (Å²) in [6.45, 7) is 1.91. The summed E-state index contributed by atoms with van der Waals surface area (Å²) in [5, 5.41) is 10.3. The minimum atomic E-state index is 0.261. The third-order valence-electron chi connectivity index (χ3n) is 3.68. The van der Waals surface area contributed by atoms with Gasteiger partial charge in [-0.2, -0.15) is 0 Å². The fourth-order valence-electron chi connectivity index (χ4n) is 2.69. The van der Waals surface area contributed by atoms with Gasteiger partial charge < -0.3 is 10.0 Å². The van der Waals surface area contributed by atoms with Crippen molar-refractivity contribution in [3.05, 3.63) is 58.6 Å². The summed E-state index contributed by atoms with van der Waals surface area (Å²) in [6, 6.07) is 13.9. The zero-order valence-corrected chi connectivity index (χ0v) is 11.4. The van der Waals surface area contributed by atoms with Gasteiger partial charge in [-0.1, -0.05) is 29.8 Å². The Morgan fingerprint density at radius 2 is 1.74 bits per heavy atom. The standard InChI is InChI=1S/C16H16ClNO/c17-16-11-14(19)10-12-6-8-18(9-7-15(12)16)13-4-2-1-3-5-13/h1-5,10-11,19H,6-9H2. The maximum Gasteiger partial charge on any atom is 0.117 e. The monoisotopic (exact) mass is 273 g/mol. The molecule has 2 nitrogen and oxygen atoms in total. The molecule has 0 fully saturated rings. The minimum absolute atomic E-state index is 0.261. The highest BCUT2D eigenvalue weighted by molar-refractivity contribution is 6.31. The molecule has 1 heterocycles. The van der Waals surface area contributed by atoms with E-state index in [-0.39, 0.29) is 5.75 Å². The van der Waals surface area contributed by atoms with Gasteiger partial charge >= 0.3 is 0 Å². The molecule has 0 saturated carbocycles. The van der Waals surface area contributed by atoms with E-state index >= 15 is 0 Å². The van der Waals surface area contributed by atoms with Crippen molar-refractivity contribution in [2.45, 2.75) is 12.8 Å². The number of nitrogens with zero attached hydrogens (tertiary/aromatic N) is 1. The maximum absolute atomic E-state index is 9.65. The predicted molar refractivity (Wildman–Crippen MR) is 79.2 cm³/mol. The number of aromatic hydroxyl groups is 1. The number of halogens is 1. The molecule has 3 rings (SSSR count). The van der Waals surface area contributed by atoms with Crippen LogP contribution in [-0.2, 0) is 12.8 Å². The lowest BCUT2D eigenvalue weighted by Gasteiger charge is -2.22. The van der Waals surface area contributed by atoms with Crippen molar-refractivity contribution in [3.8, 4) is 5.75 Å². The lowest BCUT2D eigenvalue weighted by molar-refractivity contribution is 0.474. The summed E-state index contributed by atoms with van der Waals surface area (Å²) >= 11 is 6.24. The Hall–Kier alpha value is -1.67. The van der Waals surface area contributed by atoms with Gasteiger partial charge in [0, 0.05) is 23.8 Å². The van der Waals surface area contributed by atoms with E-state index < -0.39 is 0 Å². The number of hydrogen-bond acceptors (Lipinski definition) is 2. The van der Waals surface area contributed by atoms with Crippen LogP contribution in [0.5, 0.6) is 5.75 Å². The van der Waals surface area contributed by atoms with Gasteiger partial charge in [0.2, 0.25) is 0 Å². The fraction of sp³-hybridized carbons (Fsp3) is 0.250. The van der Waals surface area contributed by atoms with Gasteiger partial charge in [0.25, 0.3) is 0 Å². The van der Waals surface area contributed by atoms with Crippen molar-refractivity contribution in [1.29, 1.82) is 0 Å². The number of anilines is 1. The first kappa shape index (κ1) is 12.4. The Morgan fingerprint density at radius 3 is 2.53 bits per heavy atom. The first-order valence-electron chi connectivity index (χ1n) is 6.54. The van der Waals surface area contributed by atoms with Crippen molar-refractivity contribution in [1.82, 2.24) is 0 Å². The molecule has 0 radical (unpaired) electrons. The summed E-state index contributed by atoms with van der Waals surface area (Å²) < 4.78 is 0. The average Bonchev–Trinajstić information content (AvgIpc) is 2.62. The van der Waals surface area contributed by atoms with Crippen molar-refractivity contribution in [3.63, 3.8) is 0 Å². The van der Waals surface area contributed by atoms with E-state index in [1.807, 2.05) is 12.1 Å². The first-order valence-corrected chi connectivity index (χ1v) is 6.92. The predicted octanol–water partition coefficient (Wildman–Crippen LogP) is 3.65. The van der Waals surface area contributed by atoms with Gasteiger partial charge in [0.05, 0.1) is 0 Å². The lowest BCUT2D eigenvalue weighted by atomic mass is 10.0. The van der Waals surface area contributed by atoms with Crippen molar-refractivity contribution in [2.24, 2.45) is 0 Å². The molecule has 2 aromatic carbocycles. The van der Waals surface area contributed by atoms with E-state index in [4.69, 9.17) is 11.6 Å². The minimum Gasteiger partial charge on any atom is -0.508 e. The van der Waals surface area contributed by atoms with Crippen LogP contribution in [0.4, 0.5) is 5.69 Å². The normalized spacial score (nSPS) is 14.9. The first-order chi connectivity index (χ1) is 9.24. The molecule has 3 heteroatoms. The van der Waals surface area contributed by atoms with Crippen LogP contribution in [-0.4, -0.2) is 18.2 Å². The van der Waals surface area contributed by atoms with Crippen LogP contribution in [0.1, 0.15) is 11.1 Å². The van der Waals surface area contributed by atoms with E-state index in [9.17, 15) is 5.11 Å². The lowest BCUT2D eigenvalue weighted by Crippen LogP contribution is -2.25. The van der Waals surface area contributed by atoms with E-state index in [1.165, 1.54) is 16.8 Å². The molecule has 19 heavy (non-hydrogen) atoms. The second-order valence-corrected chi connectivity index (χ2v) is 5.30. The number of benzene rings is 2. The summed E-state index contributed by atoms with van der Waals surface area (Å²) in [6.07, 6.45) is 1.84. The molecule has 0 aliphatic carbocycles. The quantitative estimate of drug-likeness (QED) is 0.857. The number of para-hydroxylation sites is 1. The van der Waals surface area contributed by atoms with Crippen LogP contribution in [0.15, 0.2) is 42.5 Å². The zero-order chi connectivity index (χ0) is 13.2. The number of fused-ring (bicyclic) bond motifs is 1. The van der Waals surface area contributed by atoms with Crippen molar-refractivity contribution < 1.29 is 5.11 Å². The molecule has 98 valence electrons. The molecular formula is C16H16ClNO. The van der Waals surface area contributed by atoms with E-state index in [0.717, 1.165) is 25.9 Å². The number of hydrogen-bond donors (Lipinski definition) is 1. The largest absolute Gasteiger partial charge is 0.508 e. The van der Waals surface area contributed by atoms with Crippen molar-refractivity contribution in [2.75, 3.05) is 18.0 Å². The Labute approximate surface area is 118 Å². The SMILES string of the molecule is Oc1cc(Cl)c2c(c1)CCN(c1ccccc1)CC2. The Morgan fingerprint density at radius 1 is 1.00 bits per heavy atom. The third kappa shape index (κ3) is 2.54. The summed E-state index contributed by atoms with van der Waals surface area (Å²) in [5.41, 5.74) is 3.59. The van der Waals surface area contributed by atoms with Gasteiger partial charge in [-0.15, -0.1) is 0 Å². The van der Waals surface area contributed by atoms with Crippen LogP contribution >= 0.6 is 11.6 Å². The molecule has 1 N–H and O–H groups in total. The number of phenols is 1. The third-order valence-corrected chi connectivity index (χ3v) is 4.01. The molecule has 0 atom stereocenters. The van der Waals surface area contributed by atoms with Gasteiger partial charge in [-0.05, 0) is 48.2 Å². The molecule has 0 bridgehead atoms. The molecule has 2 aromatic rings. The average molecular weight is 274 g/mol. The molecule has 1 aliphatic rings. The molecule has 0 aromatic heterocycles. The smallest absolute Gasteiger partial charge is 0.117 e. The molecule has 0 spiro atoms. The highest BCUT2D eigenvalue weighted by Gasteiger charge is 2.17. The van der Waals surface area contributed by atoms with Gasteiger partial charge in [0.1, 0.15) is 5.75 Å². The highest BCUT2D eigenvalue weighted by Crippen LogP contribution is 2.29. The van der Waals surface area contributed by atoms with E-state index in [0.29, 0.717) is 5.02 Å². The van der Waals surface area contributed by atoms with Gasteiger partial charge in [-0.3, -0.25) is 0 Å². The summed E-state index contributed by atoms with van der Waals surface area (Å²) in [4.78, 5) is 2.37. The van der Waals surface area contributed by atoms with Crippen LogP contribution in [0, 0.1) is 0 Å². The maximum atomic E-state index is 9.65. The van der Waals surface area contributed by atoms with E-state index in [1.54, 1.807) is 6.07 Å². The molecule has 1 aliphatic heterocycles. The van der Waals surface area contributed by atoms with E-state index in [2.05, 4.69) is 29.2 Å². The van der Waals surface area contributed by atoms with Gasteiger partial charge in [-0.25, -0.2) is 0 Å². The number of phenolic OH excluding ortho intramolecular Hbond substituents is 1. The second kappa shape index (κ2) is 5.14. The zero-order valence-electron chi connectivity index (χ0n) is 10.6. The van der Waals surface area contributed by atoms with Crippen LogP contribution in [0.2, 0.25) is 5.02 Å². The molecule has 0 amide bonds. The molecule has 0 saturated heterocycles.